The van der Waals surface area contributed by atoms with Gasteiger partial charge in [-0.25, -0.2) is 0 Å². The van der Waals surface area contributed by atoms with Crippen LogP contribution < -0.4 is 5.32 Å². The second-order valence-corrected chi connectivity index (χ2v) is 5.31. The van der Waals surface area contributed by atoms with Crippen molar-refractivity contribution in [1.82, 2.24) is 0 Å². The Hall–Kier alpha value is -2.22. The highest BCUT2D eigenvalue weighted by Crippen LogP contribution is 2.17. The van der Waals surface area contributed by atoms with Gasteiger partial charge in [-0.1, -0.05) is 12.1 Å². The number of non-ortho nitro benzene ring substituents is 1. The van der Waals surface area contributed by atoms with Gasteiger partial charge in [0.15, 0.2) is 0 Å². The topological polar surface area (TPSA) is 72.2 Å². The summed E-state index contributed by atoms with van der Waals surface area (Å²) in [6.45, 7) is 0. The van der Waals surface area contributed by atoms with E-state index >= 15 is 0 Å². The van der Waals surface area contributed by atoms with Crippen LogP contribution in [0.2, 0.25) is 0 Å². The number of carbonyl (C=O) groups is 1. The maximum atomic E-state index is 11.8. The molecule has 0 atom stereocenters. The SMILES string of the molecule is O=C(C=Cc1ccc([N+](=O)[O-])cc1)Nc1ccccc1I. The van der Waals surface area contributed by atoms with E-state index in [0.717, 1.165) is 14.8 Å². The minimum absolute atomic E-state index is 0.0236. The molecule has 0 saturated carbocycles. The van der Waals surface area contributed by atoms with Gasteiger partial charge in [0.05, 0.1) is 10.6 Å². The van der Waals surface area contributed by atoms with E-state index in [1.807, 2.05) is 24.3 Å². The van der Waals surface area contributed by atoms with Crippen molar-refractivity contribution in [3.8, 4) is 0 Å². The number of nitro groups is 1. The van der Waals surface area contributed by atoms with Crippen molar-refractivity contribution in [2.75, 3.05) is 5.32 Å². The Labute approximate surface area is 135 Å². The Morgan fingerprint density at radius 1 is 1.14 bits per heavy atom. The maximum absolute atomic E-state index is 11.8. The second kappa shape index (κ2) is 6.98. The molecule has 6 heteroatoms. The van der Waals surface area contributed by atoms with Crippen molar-refractivity contribution >= 4 is 45.9 Å². The molecule has 0 bridgehead atoms. The number of hydrogen-bond donors (Lipinski definition) is 1. The summed E-state index contributed by atoms with van der Waals surface area (Å²) < 4.78 is 0.951. The third-order valence-corrected chi connectivity index (χ3v) is 3.60. The molecule has 0 saturated heterocycles. The van der Waals surface area contributed by atoms with Crippen LogP contribution in [0.1, 0.15) is 5.56 Å². The number of halogens is 1. The van der Waals surface area contributed by atoms with Gasteiger partial charge in [0.2, 0.25) is 5.91 Å². The molecule has 0 heterocycles. The van der Waals surface area contributed by atoms with Crippen LogP contribution in [0, 0.1) is 13.7 Å². The molecular formula is C15H11IN2O3. The highest BCUT2D eigenvalue weighted by atomic mass is 127. The lowest BCUT2D eigenvalue weighted by Crippen LogP contribution is -2.08. The molecule has 106 valence electrons. The molecule has 0 unspecified atom stereocenters. The van der Waals surface area contributed by atoms with Gasteiger partial charge >= 0.3 is 0 Å². The van der Waals surface area contributed by atoms with Crippen LogP contribution >= 0.6 is 22.6 Å². The third-order valence-electron chi connectivity index (χ3n) is 2.66. The molecule has 0 aliphatic rings. The minimum Gasteiger partial charge on any atom is -0.322 e. The molecule has 0 fully saturated rings. The van der Waals surface area contributed by atoms with E-state index in [4.69, 9.17) is 0 Å². The molecule has 2 aromatic rings. The molecule has 1 N–H and O–H groups in total. The number of anilines is 1. The fourth-order valence-corrected chi connectivity index (χ4v) is 2.14. The van der Waals surface area contributed by atoms with E-state index in [2.05, 4.69) is 27.9 Å². The summed E-state index contributed by atoms with van der Waals surface area (Å²) in [5.41, 5.74) is 1.49. The molecular weight excluding hydrogens is 383 g/mol. The summed E-state index contributed by atoms with van der Waals surface area (Å²) in [4.78, 5) is 21.9. The standard InChI is InChI=1S/C15H11IN2O3/c16-13-3-1-2-4-14(13)17-15(19)10-7-11-5-8-12(9-6-11)18(20)21/h1-10H,(H,17,19). The van der Waals surface area contributed by atoms with Gasteiger partial charge in [-0.2, -0.15) is 0 Å². The first-order valence-electron chi connectivity index (χ1n) is 6.04. The maximum Gasteiger partial charge on any atom is 0.269 e. The predicted octanol–water partition coefficient (Wildman–Crippen LogP) is 3.85. The summed E-state index contributed by atoms with van der Waals surface area (Å²) in [7, 11) is 0. The van der Waals surface area contributed by atoms with Gasteiger partial charge in [0.25, 0.3) is 5.69 Å². The summed E-state index contributed by atoms with van der Waals surface area (Å²) in [5.74, 6) is -0.252. The fourth-order valence-electron chi connectivity index (χ4n) is 1.62. The zero-order valence-electron chi connectivity index (χ0n) is 10.8. The number of benzene rings is 2. The third kappa shape index (κ3) is 4.38. The second-order valence-electron chi connectivity index (χ2n) is 4.15. The molecule has 21 heavy (non-hydrogen) atoms. The first kappa shape index (κ1) is 15.2. The van der Waals surface area contributed by atoms with Crippen LogP contribution in [0.15, 0.2) is 54.6 Å². The quantitative estimate of drug-likeness (QED) is 0.371. The molecule has 0 aliphatic carbocycles. The molecule has 0 spiro atoms. The van der Waals surface area contributed by atoms with Crippen LogP contribution in [0.3, 0.4) is 0 Å². The highest BCUT2D eigenvalue weighted by Gasteiger charge is 2.03. The zero-order valence-corrected chi connectivity index (χ0v) is 13.0. The van der Waals surface area contributed by atoms with Gasteiger partial charge in [-0.15, -0.1) is 0 Å². The molecule has 0 aliphatic heterocycles. The van der Waals surface area contributed by atoms with Crippen LogP contribution in [-0.2, 0) is 4.79 Å². The first-order chi connectivity index (χ1) is 10.1. The lowest BCUT2D eigenvalue weighted by atomic mass is 10.2. The van der Waals surface area contributed by atoms with Crippen molar-refractivity contribution in [3.05, 3.63) is 73.9 Å². The van der Waals surface area contributed by atoms with Gasteiger partial charge in [0.1, 0.15) is 0 Å². The van der Waals surface area contributed by atoms with E-state index in [1.165, 1.54) is 18.2 Å². The van der Waals surface area contributed by atoms with Gasteiger partial charge in [-0.3, -0.25) is 14.9 Å². The van der Waals surface area contributed by atoms with Crippen molar-refractivity contribution in [2.24, 2.45) is 0 Å². The number of nitro benzene ring substituents is 1. The number of nitrogens with zero attached hydrogens (tertiary/aromatic N) is 1. The number of rotatable bonds is 4. The van der Waals surface area contributed by atoms with Gasteiger partial charge in [-0.05, 0) is 58.5 Å². The van der Waals surface area contributed by atoms with E-state index in [-0.39, 0.29) is 11.6 Å². The molecule has 5 nitrogen and oxygen atoms in total. The number of nitrogens with one attached hydrogen (secondary N) is 1. The fraction of sp³-hybridized carbons (Fsp3) is 0. The van der Waals surface area contributed by atoms with Crippen LogP contribution in [-0.4, -0.2) is 10.8 Å². The van der Waals surface area contributed by atoms with E-state index in [1.54, 1.807) is 18.2 Å². The van der Waals surface area contributed by atoms with Crippen molar-refractivity contribution in [2.45, 2.75) is 0 Å². The van der Waals surface area contributed by atoms with Crippen molar-refractivity contribution in [1.29, 1.82) is 0 Å². The lowest BCUT2D eigenvalue weighted by molar-refractivity contribution is -0.384. The van der Waals surface area contributed by atoms with Crippen molar-refractivity contribution < 1.29 is 9.72 Å². The average Bonchev–Trinajstić information content (AvgIpc) is 2.48. The molecule has 0 radical (unpaired) electrons. The molecule has 0 aromatic heterocycles. The summed E-state index contributed by atoms with van der Waals surface area (Å²) in [5, 5.41) is 13.3. The number of carbonyl (C=O) groups excluding carboxylic acids is 1. The van der Waals surface area contributed by atoms with E-state index < -0.39 is 4.92 Å². The molecule has 2 rings (SSSR count). The largest absolute Gasteiger partial charge is 0.322 e. The highest BCUT2D eigenvalue weighted by molar-refractivity contribution is 14.1. The van der Waals surface area contributed by atoms with Crippen LogP contribution in [0.25, 0.3) is 6.08 Å². The first-order valence-corrected chi connectivity index (χ1v) is 7.12. The minimum atomic E-state index is -0.461. The Kier molecular flexibility index (Phi) is 5.04. The number of hydrogen-bond acceptors (Lipinski definition) is 3. The molecule has 1 amide bonds. The smallest absolute Gasteiger partial charge is 0.269 e. The Balaban J connectivity index is 2.02. The Bertz CT molecular complexity index is 696. The van der Waals surface area contributed by atoms with Crippen molar-refractivity contribution in [3.63, 3.8) is 0 Å². The summed E-state index contributed by atoms with van der Waals surface area (Å²) in [6.07, 6.45) is 3.00. The zero-order chi connectivity index (χ0) is 15.2. The van der Waals surface area contributed by atoms with E-state index in [0.29, 0.717) is 0 Å². The average molecular weight is 394 g/mol. The molecule has 2 aromatic carbocycles. The summed E-state index contributed by atoms with van der Waals surface area (Å²) >= 11 is 2.14. The monoisotopic (exact) mass is 394 g/mol. The lowest BCUT2D eigenvalue weighted by Gasteiger charge is -2.04. The number of amides is 1. The van der Waals surface area contributed by atoms with E-state index in [9.17, 15) is 14.9 Å². The van der Waals surface area contributed by atoms with Crippen LogP contribution in [0.4, 0.5) is 11.4 Å². The predicted molar refractivity (Wildman–Crippen MR) is 89.9 cm³/mol. The summed E-state index contributed by atoms with van der Waals surface area (Å²) in [6, 6.07) is 13.4. The number of para-hydroxylation sites is 1. The van der Waals surface area contributed by atoms with Gasteiger partial charge < -0.3 is 5.32 Å². The Morgan fingerprint density at radius 2 is 1.81 bits per heavy atom. The van der Waals surface area contributed by atoms with Crippen LogP contribution in [0.5, 0.6) is 0 Å². The van der Waals surface area contributed by atoms with Gasteiger partial charge in [0, 0.05) is 21.8 Å². The normalized spacial score (nSPS) is 10.5. The Morgan fingerprint density at radius 3 is 2.43 bits per heavy atom.